The van der Waals surface area contributed by atoms with Gasteiger partial charge in [0, 0.05) is 38.0 Å². The van der Waals surface area contributed by atoms with Crippen LogP contribution in [0.25, 0.3) is 0 Å². The highest BCUT2D eigenvalue weighted by molar-refractivity contribution is 6.39. The number of nitrogens with one attached hydrogen (secondary N) is 2. The van der Waals surface area contributed by atoms with E-state index < -0.39 is 16.7 Å². The third kappa shape index (κ3) is 6.30. The fourth-order valence-electron chi connectivity index (χ4n) is 3.03. The topological polar surface area (TPSA) is 114 Å². The predicted molar refractivity (Wildman–Crippen MR) is 101 cm³/mol. The van der Waals surface area contributed by atoms with Gasteiger partial charge in [0.05, 0.1) is 11.5 Å². The Hall–Kier alpha value is -2.52. The van der Waals surface area contributed by atoms with Crippen LogP contribution in [0.1, 0.15) is 18.4 Å². The van der Waals surface area contributed by atoms with Crippen LogP contribution in [0.5, 0.6) is 0 Å². The minimum Gasteiger partial charge on any atom is -0.383 e. The van der Waals surface area contributed by atoms with Gasteiger partial charge in [0.1, 0.15) is 0 Å². The predicted octanol–water partition coefficient (Wildman–Crippen LogP) is 1.32. The van der Waals surface area contributed by atoms with Crippen molar-refractivity contribution in [2.24, 2.45) is 5.92 Å². The molecule has 9 heteroatoms. The van der Waals surface area contributed by atoms with Gasteiger partial charge >= 0.3 is 11.8 Å². The number of carbonyl (C=O) groups is 2. The van der Waals surface area contributed by atoms with E-state index in [1.165, 1.54) is 18.2 Å². The Kier molecular flexibility index (Phi) is 7.68. The second-order valence-corrected chi connectivity index (χ2v) is 6.70. The molecular weight excluding hydrogens is 352 g/mol. The highest BCUT2D eigenvalue weighted by Crippen LogP contribution is 2.21. The molecule has 1 aromatic rings. The normalized spacial score (nSPS) is 15.3. The number of methoxy groups -OCH3 is 1. The molecule has 0 spiro atoms. The first-order valence-corrected chi connectivity index (χ1v) is 8.96. The number of carbonyl (C=O) groups excluding carboxylic acids is 2. The lowest BCUT2D eigenvalue weighted by atomic mass is 9.97. The second-order valence-electron chi connectivity index (χ2n) is 6.70. The van der Waals surface area contributed by atoms with Crippen LogP contribution in [-0.4, -0.2) is 61.5 Å². The third-order valence-corrected chi connectivity index (χ3v) is 4.75. The molecule has 1 aromatic carbocycles. The number of anilines is 1. The van der Waals surface area contributed by atoms with Crippen LogP contribution < -0.4 is 10.6 Å². The van der Waals surface area contributed by atoms with E-state index in [0.717, 1.165) is 32.5 Å². The van der Waals surface area contributed by atoms with E-state index in [2.05, 4.69) is 15.5 Å². The molecule has 1 aliphatic heterocycles. The molecule has 9 nitrogen and oxygen atoms in total. The summed E-state index contributed by atoms with van der Waals surface area (Å²) in [6, 6.07) is 4.07. The summed E-state index contributed by atoms with van der Waals surface area (Å²) in [7, 11) is 1.69. The monoisotopic (exact) mass is 378 g/mol. The summed E-state index contributed by atoms with van der Waals surface area (Å²) in [5.74, 6) is -1.12. The maximum atomic E-state index is 12.0. The summed E-state index contributed by atoms with van der Waals surface area (Å²) in [6.07, 6.45) is 1.93. The largest absolute Gasteiger partial charge is 0.383 e. The zero-order chi connectivity index (χ0) is 19.8. The third-order valence-electron chi connectivity index (χ3n) is 4.75. The summed E-state index contributed by atoms with van der Waals surface area (Å²) in [5.41, 5.74) is 0.841. The first kappa shape index (κ1) is 20.8. The van der Waals surface area contributed by atoms with Crippen LogP contribution in [0.2, 0.25) is 0 Å². The van der Waals surface area contributed by atoms with E-state index in [1.807, 2.05) is 0 Å². The molecule has 2 N–H and O–H groups in total. The zero-order valence-corrected chi connectivity index (χ0v) is 15.7. The SMILES string of the molecule is COCCN1CCC(CNC(=O)C(=O)Nc2ccc([N+](=O)[O-])cc2C)CC1. The Morgan fingerprint density at radius 1 is 1.30 bits per heavy atom. The number of nitro groups is 1. The number of rotatable bonds is 7. The van der Waals surface area contributed by atoms with Crippen LogP contribution in [0.3, 0.4) is 0 Å². The van der Waals surface area contributed by atoms with Crippen molar-refractivity contribution < 1.29 is 19.2 Å². The molecule has 0 unspecified atom stereocenters. The highest BCUT2D eigenvalue weighted by atomic mass is 16.6. The van der Waals surface area contributed by atoms with Gasteiger partial charge in [-0.3, -0.25) is 19.7 Å². The van der Waals surface area contributed by atoms with Crippen molar-refractivity contribution in [2.75, 3.05) is 45.2 Å². The number of hydrogen-bond donors (Lipinski definition) is 2. The Balaban J connectivity index is 1.76. The van der Waals surface area contributed by atoms with E-state index >= 15 is 0 Å². The number of benzene rings is 1. The Bertz CT molecular complexity index is 686. The molecule has 1 fully saturated rings. The van der Waals surface area contributed by atoms with Gasteiger partial charge in [0.25, 0.3) is 5.69 Å². The lowest BCUT2D eigenvalue weighted by Gasteiger charge is -2.31. The molecule has 0 bridgehead atoms. The van der Waals surface area contributed by atoms with E-state index in [0.29, 0.717) is 30.3 Å². The first-order chi connectivity index (χ1) is 12.9. The molecule has 1 heterocycles. The van der Waals surface area contributed by atoms with E-state index in [-0.39, 0.29) is 5.69 Å². The van der Waals surface area contributed by atoms with Crippen LogP contribution in [0, 0.1) is 23.0 Å². The first-order valence-electron chi connectivity index (χ1n) is 8.96. The molecule has 2 rings (SSSR count). The molecule has 27 heavy (non-hydrogen) atoms. The number of amides is 2. The number of aryl methyl sites for hydroxylation is 1. The average Bonchev–Trinajstić information content (AvgIpc) is 2.66. The fourth-order valence-corrected chi connectivity index (χ4v) is 3.03. The Morgan fingerprint density at radius 2 is 2.00 bits per heavy atom. The fraction of sp³-hybridized carbons (Fsp3) is 0.556. The van der Waals surface area contributed by atoms with E-state index in [4.69, 9.17) is 4.74 Å². The molecule has 0 aliphatic carbocycles. The number of non-ortho nitro benzene ring substituents is 1. The summed E-state index contributed by atoms with van der Waals surface area (Å²) in [4.78, 5) is 36.6. The zero-order valence-electron chi connectivity index (χ0n) is 15.7. The highest BCUT2D eigenvalue weighted by Gasteiger charge is 2.21. The van der Waals surface area contributed by atoms with Crippen molar-refractivity contribution in [1.29, 1.82) is 0 Å². The van der Waals surface area contributed by atoms with E-state index in [9.17, 15) is 19.7 Å². The summed E-state index contributed by atoms with van der Waals surface area (Å²) in [5, 5.41) is 15.9. The minimum absolute atomic E-state index is 0.0632. The van der Waals surface area contributed by atoms with Crippen molar-refractivity contribution in [3.8, 4) is 0 Å². The molecule has 2 amide bonds. The summed E-state index contributed by atoms with van der Waals surface area (Å²) < 4.78 is 5.08. The quantitative estimate of drug-likeness (QED) is 0.420. The van der Waals surface area contributed by atoms with Crippen molar-refractivity contribution in [3.05, 3.63) is 33.9 Å². The van der Waals surface area contributed by atoms with Crippen LogP contribution >= 0.6 is 0 Å². The van der Waals surface area contributed by atoms with Gasteiger partial charge in [-0.25, -0.2) is 0 Å². The van der Waals surface area contributed by atoms with Crippen molar-refractivity contribution in [3.63, 3.8) is 0 Å². The van der Waals surface area contributed by atoms with Gasteiger partial charge in [-0.15, -0.1) is 0 Å². The maximum Gasteiger partial charge on any atom is 0.313 e. The van der Waals surface area contributed by atoms with Gasteiger partial charge < -0.3 is 20.3 Å². The molecule has 0 radical (unpaired) electrons. The molecule has 148 valence electrons. The number of likely N-dealkylation sites (tertiary alicyclic amines) is 1. The lowest BCUT2D eigenvalue weighted by Crippen LogP contribution is -2.42. The maximum absolute atomic E-state index is 12.0. The van der Waals surface area contributed by atoms with Crippen molar-refractivity contribution in [2.45, 2.75) is 19.8 Å². The second kappa shape index (κ2) is 9.98. The number of nitro benzene ring substituents is 1. The summed E-state index contributed by atoms with van der Waals surface area (Å²) >= 11 is 0. The van der Waals surface area contributed by atoms with Crippen LogP contribution in [0.15, 0.2) is 18.2 Å². The number of nitrogens with zero attached hydrogens (tertiary/aromatic N) is 2. The van der Waals surface area contributed by atoms with Crippen LogP contribution in [0.4, 0.5) is 11.4 Å². The molecule has 0 saturated carbocycles. The average molecular weight is 378 g/mol. The molecule has 1 saturated heterocycles. The molecular formula is C18H26N4O5. The van der Waals surface area contributed by atoms with Crippen molar-refractivity contribution in [1.82, 2.24) is 10.2 Å². The van der Waals surface area contributed by atoms with Gasteiger partial charge in [-0.05, 0) is 50.4 Å². The van der Waals surface area contributed by atoms with Gasteiger partial charge in [0.2, 0.25) is 0 Å². The van der Waals surface area contributed by atoms with Gasteiger partial charge in [-0.1, -0.05) is 0 Å². The number of hydrogen-bond acceptors (Lipinski definition) is 6. The lowest BCUT2D eigenvalue weighted by molar-refractivity contribution is -0.384. The number of piperidine rings is 1. The Morgan fingerprint density at radius 3 is 2.59 bits per heavy atom. The molecule has 0 aromatic heterocycles. The smallest absolute Gasteiger partial charge is 0.313 e. The van der Waals surface area contributed by atoms with E-state index in [1.54, 1.807) is 14.0 Å². The van der Waals surface area contributed by atoms with Crippen LogP contribution in [-0.2, 0) is 14.3 Å². The standard InChI is InChI=1S/C18H26N4O5/c1-13-11-15(22(25)26)3-4-16(13)20-18(24)17(23)19-12-14-5-7-21(8-6-14)9-10-27-2/h3-4,11,14H,5-10,12H2,1-2H3,(H,19,23)(H,20,24). The summed E-state index contributed by atoms with van der Waals surface area (Å²) in [6.45, 7) is 5.63. The minimum atomic E-state index is -0.774. The number of ether oxygens (including phenoxy) is 1. The molecule has 0 atom stereocenters. The van der Waals surface area contributed by atoms with Gasteiger partial charge in [-0.2, -0.15) is 0 Å². The Labute approximate surface area is 158 Å². The van der Waals surface area contributed by atoms with Gasteiger partial charge in [0.15, 0.2) is 0 Å². The molecule has 1 aliphatic rings. The van der Waals surface area contributed by atoms with Crippen molar-refractivity contribution >= 4 is 23.2 Å².